The van der Waals surface area contributed by atoms with Gasteiger partial charge in [-0.15, -0.1) is 0 Å². The second-order valence-corrected chi connectivity index (χ2v) is 5.83. The monoisotopic (exact) mass is 247 g/mol. The standard InChI is InChI=1S/C16H25NO/c1-12-5-3-7-14(9-12)16(11-18)17-15-8-4-6-13(2)10-15/h4,6,8,10,12,14,16-18H,3,5,7,9,11H2,1-2H3. The molecule has 1 saturated carbocycles. The molecule has 0 heterocycles. The number of rotatable bonds is 4. The Kier molecular flexibility index (Phi) is 4.65. The van der Waals surface area contributed by atoms with Gasteiger partial charge in [0.2, 0.25) is 0 Å². The number of benzene rings is 1. The van der Waals surface area contributed by atoms with Gasteiger partial charge in [-0.25, -0.2) is 0 Å². The lowest BCUT2D eigenvalue weighted by molar-refractivity contribution is 0.188. The average molecular weight is 247 g/mol. The van der Waals surface area contributed by atoms with Crippen LogP contribution in [0.3, 0.4) is 0 Å². The molecule has 18 heavy (non-hydrogen) atoms. The largest absolute Gasteiger partial charge is 0.394 e. The van der Waals surface area contributed by atoms with E-state index in [-0.39, 0.29) is 12.6 Å². The predicted molar refractivity (Wildman–Crippen MR) is 76.8 cm³/mol. The highest BCUT2D eigenvalue weighted by atomic mass is 16.3. The molecule has 0 spiro atoms. The van der Waals surface area contributed by atoms with Crippen molar-refractivity contribution in [1.29, 1.82) is 0 Å². The number of aryl methyl sites for hydroxylation is 1. The first kappa shape index (κ1) is 13.4. The second-order valence-electron chi connectivity index (χ2n) is 5.83. The molecule has 1 fully saturated rings. The van der Waals surface area contributed by atoms with Gasteiger partial charge < -0.3 is 10.4 Å². The molecule has 0 bridgehead atoms. The Bertz CT molecular complexity index is 377. The van der Waals surface area contributed by atoms with Gasteiger partial charge in [-0.05, 0) is 49.3 Å². The van der Waals surface area contributed by atoms with Gasteiger partial charge in [0.15, 0.2) is 0 Å². The van der Waals surface area contributed by atoms with Crippen LogP contribution in [0.25, 0.3) is 0 Å². The maximum atomic E-state index is 9.63. The zero-order valence-corrected chi connectivity index (χ0v) is 11.5. The van der Waals surface area contributed by atoms with Crippen LogP contribution >= 0.6 is 0 Å². The van der Waals surface area contributed by atoms with Crippen molar-refractivity contribution in [3.05, 3.63) is 29.8 Å². The van der Waals surface area contributed by atoms with Gasteiger partial charge in [0.1, 0.15) is 0 Å². The molecule has 0 aliphatic heterocycles. The molecule has 1 aromatic carbocycles. The Balaban J connectivity index is 2.00. The fourth-order valence-electron chi connectivity index (χ4n) is 3.11. The molecule has 1 aromatic rings. The summed E-state index contributed by atoms with van der Waals surface area (Å²) in [7, 11) is 0. The van der Waals surface area contributed by atoms with E-state index in [0.717, 1.165) is 11.6 Å². The first-order chi connectivity index (χ1) is 8.69. The maximum Gasteiger partial charge on any atom is 0.0635 e. The Labute approximate surface area is 110 Å². The number of hydrogen-bond acceptors (Lipinski definition) is 2. The molecule has 0 aromatic heterocycles. The van der Waals surface area contributed by atoms with Crippen LogP contribution in [-0.4, -0.2) is 17.8 Å². The van der Waals surface area contributed by atoms with Gasteiger partial charge in [-0.2, -0.15) is 0 Å². The summed E-state index contributed by atoms with van der Waals surface area (Å²) in [6.45, 7) is 4.65. The lowest BCUT2D eigenvalue weighted by atomic mass is 9.78. The van der Waals surface area contributed by atoms with Crippen molar-refractivity contribution in [3.63, 3.8) is 0 Å². The minimum absolute atomic E-state index is 0.203. The highest BCUT2D eigenvalue weighted by Crippen LogP contribution is 2.32. The molecule has 2 N–H and O–H groups in total. The van der Waals surface area contributed by atoms with E-state index in [2.05, 4.69) is 43.4 Å². The molecule has 100 valence electrons. The summed E-state index contributed by atoms with van der Waals surface area (Å²) in [5.74, 6) is 1.41. The number of nitrogens with one attached hydrogen (secondary N) is 1. The van der Waals surface area contributed by atoms with E-state index in [9.17, 15) is 5.11 Å². The molecule has 0 radical (unpaired) electrons. The summed E-state index contributed by atoms with van der Waals surface area (Å²) >= 11 is 0. The van der Waals surface area contributed by atoms with Crippen LogP contribution < -0.4 is 5.32 Å². The Morgan fingerprint density at radius 3 is 2.89 bits per heavy atom. The van der Waals surface area contributed by atoms with E-state index >= 15 is 0 Å². The van der Waals surface area contributed by atoms with Gasteiger partial charge in [0, 0.05) is 5.69 Å². The van der Waals surface area contributed by atoms with Crippen LogP contribution in [0.1, 0.15) is 38.2 Å². The quantitative estimate of drug-likeness (QED) is 0.852. The van der Waals surface area contributed by atoms with Crippen LogP contribution in [0.5, 0.6) is 0 Å². The lowest BCUT2D eigenvalue weighted by Gasteiger charge is -2.33. The number of aliphatic hydroxyl groups is 1. The van der Waals surface area contributed by atoms with E-state index in [0.29, 0.717) is 5.92 Å². The lowest BCUT2D eigenvalue weighted by Crippen LogP contribution is -2.35. The SMILES string of the molecule is Cc1cccc(NC(CO)C2CCCC(C)C2)c1. The van der Waals surface area contributed by atoms with Crippen LogP contribution in [0, 0.1) is 18.8 Å². The highest BCUT2D eigenvalue weighted by molar-refractivity contribution is 5.46. The fourth-order valence-corrected chi connectivity index (χ4v) is 3.11. The van der Waals surface area contributed by atoms with Crippen molar-refractivity contribution in [2.75, 3.05) is 11.9 Å². The zero-order valence-electron chi connectivity index (χ0n) is 11.5. The molecule has 2 nitrogen and oxygen atoms in total. The minimum Gasteiger partial charge on any atom is -0.394 e. The van der Waals surface area contributed by atoms with Crippen molar-refractivity contribution >= 4 is 5.69 Å². The summed E-state index contributed by atoms with van der Waals surface area (Å²) < 4.78 is 0. The number of aliphatic hydroxyl groups excluding tert-OH is 1. The third-order valence-electron chi connectivity index (χ3n) is 4.11. The van der Waals surface area contributed by atoms with E-state index in [4.69, 9.17) is 0 Å². The van der Waals surface area contributed by atoms with E-state index < -0.39 is 0 Å². The van der Waals surface area contributed by atoms with Crippen molar-refractivity contribution in [2.45, 2.75) is 45.6 Å². The van der Waals surface area contributed by atoms with E-state index in [1.54, 1.807) is 0 Å². The summed E-state index contributed by atoms with van der Waals surface area (Å²) in [5, 5.41) is 13.1. The van der Waals surface area contributed by atoms with Gasteiger partial charge in [-0.1, -0.05) is 31.9 Å². The predicted octanol–water partition coefficient (Wildman–Crippen LogP) is 3.59. The Hall–Kier alpha value is -1.02. The van der Waals surface area contributed by atoms with Gasteiger partial charge >= 0.3 is 0 Å². The van der Waals surface area contributed by atoms with Crippen molar-refractivity contribution in [1.82, 2.24) is 0 Å². The van der Waals surface area contributed by atoms with Crippen molar-refractivity contribution < 1.29 is 5.11 Å². The first-order valence-electron chi connectivity index (χ1n) is 7.13. The molecule has 1 aliphatic carbocycles. The normalized spacial score (nSPS) is 25.7. The third-order valence-corrected chi connectivity index (χ3v) is 4.11. The van der Waals surface area contributed by atoms with Gasteiger partial charge in [0.25, 0.3) is 0 Å². The first-order valence-corrected chi connectivity index (χ1v) is 7.13. The van der Waals surface area contributed by atoms with Crippen molar-refractivity contribution in [2.24, 2.45) is 11.8 Å². The van der Waals surface area contributed by atoms with Crippen LogP contribution in [0.2, 0.25) is 0 Å². The van der Waals surface area contributed by atoms with Gasteiger partial charge in [0.05, 0.1) is 12.6 Å². The van der Waals surface area contributed by atoms with Crippen molar-refractivity contribution in [3.8, 4) is 0 Å². The maximum absolute atomic E-state index is 9.63. The topological polar surface area (TPSA) is 32.3 Å². The van der Waals surface area contributed by atoms with E-state index in [1.807, 2.05) is 0 Å². The number of hydrogen-bond donors (Lipinski definition) is 2. The van der Waals surface area contributed by atoms with Crippen LogP contribution in [0.4, 0.5) is 5.69 Å². The molecule has 0 amide bonds. The van der Waals surface area contributed by atoms with E-state index in [1.165, 1.54) is 31.2 Å². The molecule has 2 rings (SSSR count). The third kappa shape index (κ3) is 3.49. The second kappa shape index (κ2) is 6.24. The van der Waals surface area contributed by atoms with Crippen LogP contribution in [0.15, 0.2) is 24.3 Å². The molecule has 3 unspecified atom stereocenters. The molecular weight excluding hydrogens is 222 g/mol. The minimum atomic E-state index is 0.203. The molecule has 2 heteroatoms. The number of anilines is 1. The fraction of sp³-hybridized carbons (Fsp3) is 0.625. The average Bonchev–Trinajstić information content (AvgIpc) is 2.36. The summed E-state index contributed by atoms with van der Waals surface area (Å²) in [4.78, 5) is 0. The zero-order chi connectivity index (χ0) is 13.0. The summed E-state index contributed by atoms with van der Waals surface area (Å²) in [6.07, 6.45) is 5.13. The van der Waals surface area contributed by atoms with Gasteiger partial charge in [-0.3, -0.25) is 0 Å². The molecule has 1 aliphatic rings. The van der Waals surface area contributed by atoms with Crippen LogP contribution in [-0.2, 0) is 0 Å². The summed E-state index contributed by atoms with van der Waals surface area (Å²) in [5.41, 5.74) is 2.39. The highest BCUT2D eigenvalue weighted by Gasteiger charge is 2.26. The smallest absolute Gasteiger partial charge is 0.0635 e. The summed E-state index contributed by atoms with van der Waals surface area (Å²) in [6, 6.07) is 8.60. The molecule has 0 saturated heterocycles. The molecular formula is C16H25NO. The Morgan fingerprint density at radius 2 is 2.22 bits per heavy atom. The Morgan fingerprint density at radius 1 is 1.39 bits per heavy atom. The molecule has 3 atom stereocenters.